The topological polar surface area (TPSA) is 33.1 Å². The summed E-state index contributed by atoms with van der Waals surface area (Å²) >= 11 is 0. The molecule has 0 aromatic carbocycles. The van der Waals surface area contributed by atoms with E-state index in [9.17, 15) is 5.11 Å². The van der Waals surface area contributed by atoms with Crippen LogP contribution in [-0.4, -0.2) is 10.1 Å². The molecule has 0 unspecified atom stereocenters. The first-order valence-electron chi connectivity index (χ1n) is 5.29. The lowest BCUT2D eigenvalue weighted by molar-refractivity contribution is -0.0362. The summed E-state index contributed by atoms with van der Waals surface area (Å²) in [4.78, 5) is 4.28. The zero-order valence-electron chi connectivity index (χ0n) is 8.77. The number of hydrogen-bond donors (Lipinski definition) is 1. The molecular formula is C12H17NO. The van der Waals surface area contributed by atoms with Crippen LogP contribution in [0.1, 0.15) is 32.4 Å². The first-order chi connectivity index (χ1) is 6.65. The summed E-state index contributed by atoms with van der Waals surface area (Å²) in [5, 5.41) is 10.6. The Bertz CT molecular complexity index is 301. The second kappa shape index (κ2) is 3.35. The highest BCUT2D eigenvalue weighted by atomic mass is 16.3. The van der Waals surface area contributed by atoms with Crippen LogP contribution >= 0.6 is 0 Å². The van der Waals surface area contributed by atoms with Gasteiger partial charge in [-0.05, 0) is 36.8 Å². The molecule has 1 fully saturated rings. The van der Waals surface area contributed by atoms with E-state index in [1.807, 2.05) is 18.2 Å². The highest BCUT2D eigenvalue weighted by molar-refractivity contribution is 5.17. The second-order valence-electron chi connectivity index (χ2n) is 4.47. The average molecular weight is 191 g/mol. The molecule has 76 valence electrons. The van der Waals surface area contributed by atoms with Crippen LogP contribution < -0.4 is 0 Å². The van der Waals surface area contributed by atoms with Gasteiger partial charge in [-0.25, -0.2) is 0 Å². The Balaban J connectivity index is 2.36. The van der Waals surface area contributed by atoms with Crippen molar-refractivity contribution in [2.75, 3.05) is 0 Å². The van der Waals surface area contributed by atoms with E-state index >= 15 is 0 Å². The maximum atomic E-state index is 10.6. The van der Waals surface area contributed by atoms with E-state index in [4.69, 9.17) is 0 Å². The molecule has 0 amide bonds. The quantitative estimate of drug-likeness (QED) is 0.795. The number of nitrogens with zero attached hydrogens (tertiary/aromatic N) is 1. The molecule has 2 nitrogen and oxygen atoms in total. The van der Waals surface area contributed by atoms with Crippen molar-refractivity contribution in [3.05, 3.63) is 30.1 Å². The first-order valence-corrected chi connectivity index (χ1v) is 5.29. The highest BCUT2D eigenvalue weighted by Crippen LogP contribution is 2.49. The minimum Gasteiger partial charge on any atom is -0.383 e. The van der Waals surface area contributed by atoms with Crippen molar-refractivity contribution in [2.24, 2.45) is 11.8 Å². The molecule has 0 saturated heterocycles. The zero-order chi connectivity index (χ0) is 10.2. The van der Waals surface area contributed by atoms with Crippen LogP contribution in [0.4, 0.5) is 0 Å². The van der Waals surface area contributed by atoms with Crippen LogP contribution in [0.2, 0.25) is 0 Å². The second-order valence-corrected chi connectivity index (χ2v) is 4.47. The van der Waals surface area contributed by atoms with E-state index in [0.717, 1.165) is 18.5 Å². The van der Waals surface area contributed by atoms with E-state index in [2.05, 4.69) is 18.8 Å². The summed E-state index contributed by atoms with van der Waals surface area (Å²) in [5.74, 6) is 0.641. The molecule has 0 spiro atoms. The molecule has 1 N–H and O–H groups in total. The van der Waals surface area contributed by atoms with Crippen LogP contribution in [-0.2, 0) is 5.60 Å². The Hall–Kier alpha value is -0.890. The van der Waals surface area contributed by atoms with Crippen molar-refractivity contribution in [1.82, 2.24) is 4.98 Å². The molecule has 0 radical (unpaired) electrons. The predicted molar refractivity (Wildman–Crippen MR) is 55.7 cm³/mol. The lowest BCUT2D eigenvalue weighted by Gasteiger charge is -2.31. The molecular weight excluding hydrogens is 174 g/mol. The lowest BCUT2D eigenvalue weighted by Crippen LogP contribution is -2.35. The summed E-state index contributed by atoms with van der Waals surface area (Å²) < 4.78 is 0. The summed E-state index contributed by atoms with van der Waals surface area (Å²) in [6, 6.07) is 5.76. The molecule has 1 atom stereocenters. The largest absolute Gasteiger partial charge is 0.383 e. The smallest absolute Gasteiger partial charge is 0.112 e. The molecule has 0 bridgehead atoms. The third-order valence-corrected chi connectivity index (χ3v) is 3.16. The van der Waals surface area contributed by atoms with Gasteiger partial charge in [-0.3, -0.25) is 4.98 Å². The molecule has 1 aliphatic carbocycles. The highest BCUT2D eigenvalue weighted by Gasteiger charge is 2.48. The van der Waals surface area contributed by atoms with E-state index in [1.165, 1.54) is 0 Å². The lowest BCUT2D eigenvalue weighted by atomic mass is 9.82. The van der Waals surface area contributed by atoms with Gasteiger partial charge in [-0.15, -0.1) is 0 Å². The number of hydrogen-bond acceptors (Lipinski definition) is 2. The van der Waals surface area contributed by atoms with Crippen molar-refractivity contribution in [1.29, 1.82) is 0 Å². The number of pyridine rings is 1. The maximum absolute atomic E-state index is 10.6. The summed E-state index contributed by atoms with van der Waals surface area (Å²) in [5.41, 5.74) is 0.124. The molecule has 0 aliphatic heterocycles. The zero-order valence-corrected chi connectivity index (χ0v) is 8.77. The summed E-state index contributed by atoms with van der Waals surface area (Å²) in [6.07, 6.45) is 4.02. The third kappa shape index (κ3) is 1.44. The fraction of sp³-hybridized carbons (Fsp3) is 0.583. The van der Waals surface area contributed by atoms with Gasteiger partial charge in [0.2, 0.25) is 0 Å². The Kier molecular flexibility index (Phi) is 2.31. The third-order valence-electron chi connectivity index (χ3n) is 3.16. The summed E-state index contributed by atoms with van der Waals surface area (Å²) in [7, 11) is 0. The van der Waals surface area contributed by atoms with Gasteiger partial charge in [0, 0.05) is 6.20 Å². The van der Waals surface area contributed by atoms with Crippen LogP contribution in [0, 0.1) is 11.8 Å². The number of rotatable bonds is 3. The Morgan fingerprint density at radius 2 is 2.14 bits per heavy atom. The Morgan fingerprint density at radius 3 is 2.57 bits per heavy atom. The molecule has 1 aromatic rings. The molecule has 1 heterocycles. The Labute approximate surface area is 85.0 Å². The fourth-order valence-electron chi connectivity index (χ4n) is 2.10. The van der Waals surface area contributed by atoms with Crippen LogP contribution in [0.15, 0.2) is 24.4 Å². The first kappa shape index (κ1) is 9.66. The van der Waals surface area contributed by atoms with Crippen LogP contribution in [0.5, 0.6) is 0 Å². The van der Waals surface area contributed by atoms with E-state index < -0.39 is 5.60 Å². The van der Waals surface area contributed by atoms with Gasteiger partial charge < -0.3 is 5.11 Å². The number of aliphatic hydroxyl groups is 1. The van der Waals surface area contributed by atoms with Crippen molar-refractivity contribution < 1.29 is 5.11 Å². The van der Waals surface area contributed by atoms with E-state index in [1.54, 1.807) is 6.20 Å². The predicted octanol–water partition coefficient (Wildman–Crippen LogP) is 2.34. The van der Waals surface area contributed by atoms with E-state index in [-0.39, 0.29) is 5.92 Å². The fourth-order valence-corrected chi connectivity index (χ4v) is 2.10. The van der Waals surface area contributed by atoms with Crippen molar-refractivity contribution in [3.8, 4) is 0 Å². The SMILES string of the molecule is CC(C)[C@@](O)(c1ccccn1)C1CC1. The van der Waals surface area contributed by atoms with Crippen LogP contribution in [0.3, 0.4) is 0 Å². The van der Waals surface area contributed by atoms with Crippen molar-refractivity contribution >= 4 is 0 Å². The summed E-state index contributed by atoms with van der Waals surface area (Å²) in [6.45, 7) is 4.12. The van der Waals surface area contributed by atoms with Gasteiger partial charge >= 0.3 is 0 Å². The molecule has 1 aliphatic rings. The molecule has 1 aromatic heterocycles. The molecule has 2 heteroatoms. The van der Waals surface area contributed by atoms with E-state index in [0.29, 0.717) is 5.92 Å². The van der Waals surface area contributed by atoms with Gasteiger partial charge in [0.1, 0.15) is 5.60 Å². The van der Waals surface area contributed by atoms with Gasteiger partial charge in [-0.2, -0.15) is 0 Å². The van der Waals surface area contributed by atoms with Crippen molar-refractivity contribution in [2.45, 2.75) is 32.3 Å². The molecule has 1 saturated carbocycles. The van der Waals surface area contributed by atoms with Crippen LogP contribution in [0.25, 0.3) is 0 Å². The monoisotopic (exact) mass is 191 g/mol. The van der Waals surface area contributed by atoms with Gasteiger partial charge in [-0.1, -0.05) is 19.9 Å². The molecule has 2 rings (SSSR count). The van der Waals surface area contributed by atoms with Crippen molar-refractivity contribution in [3.63, 3.8) is 0 Å². The van der Waals surface area contributed by atoms with Gasteiger partial charge in [0.15, 0.2) is 0 Å². The minimum absolute atomic E-state index is 0.227. The number of aromatic nitrogens is 1. The Morgan fingerprint density at radius 1 is 1.43 bits per heavy atom. The minimum atomic E-state index is -0.707. The van der Waals surface area contributed by atoms with Gasteiger partial charge in [0.05, 0.1) is 5.69 Å². The average Bonchev–Trinajstić information content (AvgIpc) is 3.01. The van der Waals surface area contributed by atoms with Gasteiger partial charge in [0.25, 0.3) is 0 Å². The maximum Gasteiger partial charge on any atom is 0.112 e. The normalized spacial score (nSPS) is 20.9. The standard InChI is InChI=1S/C12H17NO/c1-9(2)12(14,10-6-7-10)11-5-3-4-8-13-11/h3-5,8-10,14H,6-7H2,1-2H3/t12-/m0/s1. The molecule has 14 heavy (non-hydrogen) atoms.